The van der Waals surface area contributed by atoms with Crippen LogP contribution in [0.1, 0.15) is 62.5 Å². The second-order valence-electron chi connectivity index (χ2n) is 14.5. The SMILES string of the molecule is CC1(C)CN=C(NN=C(/C=C/c2ccc(C(F)(F)F)cc2)/C=C/c2ccc(C(F)(F)F)cc2)NC1.CNC(=O)c1cc(Cl)cc(C)c1NC(=O)c1cc(Br)nn1-c1ncccc1Cl. The van der Waals surface area contributed by atoms with Crippen LogP contribution in [0.2, 0.25) is 10.0 Å². The van der Waals surface area contributed by atoms with Crippen LogP contribution in [0.15, 0.2) is 112 Å². The van der Waals surface area contributed by atoms with Gasteiger partial charge in [0.1, 0.15) is 10.3 Å². The molecule has 0 aliphatic carbocycles. The number of halogens is 9. The minimum Gasteiger partial charge on any atom is -0.355 e. The third-order valence-electron chi connectivity index (χ3n) is 8.92. The molecule has 0 saturated carbocycles. The highest BCUT2D eigenvalue weighted by Crippen LogP contribution is 2.31. The predicted octanol–water partition coefficient (Wildman–Crippen LogP) is 10.6. The average molecular weight is 978 g/mol. The lowest BCUT2D eigenvalue weighted by molar-refractivity contribution is -0.138. The van der Waals surface area contributed by atoms with Gasteiger partial charge >= 0.3 is 12.4 Å². The second-order valence-corrected chi connectivity index (χ2v) is 16.1. The number of nitrogens with zero attached hydrogens (tertiary/aromatic N) is 5. The van der Waals surface area contributed by atoms with E-state index in [-0.39, 0.29) is 22.6 Å². The number of hydrazone groups is 1. The maximum absolute atomic E-state index is 13.0. The monoisotopic (exact) mass is 975 g/mol. The molecule has 2 amide bonds. The molecule has 2 aromatic heterocycles. The number of anilines is 1. The standard InChI is InChI=1S/C25H24F6N4.C18H14BrCl2N5O2/c1-23(2)15-32-22(33-16-23)35-34-21(13-7-17-3-9-19(10-4-17)24(26,27)28)14-8-18-5-11-20(12-6-18)25(29,30)31;1-9-6-10(20)7-11(17(27)22-2)15(9)24-18(28)13-8-14(19)25-26(13)16-12(21)4-3-5-23-16/h3-14H,15-16H2,1-2H3,(H2,32,33,35);3-8H,1-2H3,(H,22,27)(H,24,28)/b13-7+,14-8+;. The Bertz CT molecular complexity index is 2500. The van der Waals surface area contributed by atoms with Crippen LogP contribution in [0.3, 0.4) is 0 Å². The van der Waals surface area contributed by atoms with Crippen LogP contribution in [-0.4, -0.2) is 58.4 Å². The largest absolute Gasteiger partial charge is 0.416 e. The highest BCUT2D eigenvalue weighted by Gasteiger charge is 2.31. The molecule has 63 heavy (non-hydrogen) atoms. The minimum atomic E-state index is -4.43. The van der Waals surface area contributed by atoms with Crippen LogP contribution < -0.4 is 21.4 Å². The first-order chi connectivity index (χ1) is 29.6. The molecule has 0 bridgehead atoms. The molecular formula is C43H38BrCl2F6N9O2. The lowest BCUT2D eigenvalue weighted by Crippen LogP contribution is -2.46. The summed E-state index contributed by atoms with van der Waals surface area (Å²) in [5.41, 5.74) is 4.15. The van der Waals surface area contributed by atoms with Crippen LogP contribution >= 0.6 is 39.1 Å². The van der Waals surface area contributed by atoms with E-state index in [0.717, 1.165) is 24.3 Å². The van der Waals surface area contributed by atoms with Crippen LogP contribution in [-0.2, 0) is 12.4 Å². The maximum atomic E-state index is 13.0. The van der Waals surface area contributed by atoms with Crippen LogP contribution in [0.25, 0.3) is 18.0 Å². The summed E-state index contributed by atoms with van der Waals surface area (Å²) in [7, 11) is 1.50. The Balaban J connectivity index is 0.000000243. The number of aryl methyl sites for hydroxylation is 1. The van der Waals surface area contributed by atoms with Gasteiger partial charge in [0.15, 0.2) is 5.82 Å². The van der Waals surface area contributed by atoms with Gasteiger partial charge in [0.2, 0.25) is 5.96 Å². The molecule has 6 rings (SSSR count). The number of nitrogens with one attached hydrogen (secondary N) is 4. The summed E-state index contributed by atoms with van der Waals surface area (Å²) < 4.78 is 78.4. The van der Waals surface area contributed by atoms with Crippen molar-refractivity contribution in [3.63, 3.8) is 0 Å². The van der Waals surface area contributed by atoms with E-state index in [4.69, 9.17) is 23.2 Å². The van der Waals surface area contributed by atoms with Crippen molar-refractivity contribution in [1.29, 1.82) is 0 Å². The Labute approximate surface area is 376 Å². The smallest absolute Gasteiger partial charge is 0.355 e. The number of allylic oxidation sites excluding steroid dienone is 2. The molecule has 4 N–H and O–H groups in total. The molecule has 1 aliphatic heterocycles. The summed E-state index contributed by atoms with van der Waals surface area (Å²) in [4.78, 5) is 33.8. The number of aliphatic imine (C=N–C) groups is 1. The molecule has 3 aromatic carbocycles. The quantitative estimate of drug-likeness (QED) is 0.0659. The van der Waals surface area contributed by atoms with Crippen molar-refractivity contribution in [2.75, 3.05) is 25.5 Å². The number of amides is 2. The zero-order valence-electron chi connectivity index (χ0n) is 33.8. The van der Waals surface area contributed by atoms with E-state index >= 15 is 0 Å². The molecule has 0 saturated heterocycles. The Hall–Kier alpha value is -5.98. The van der Waals surface area contributed by atoms with E-state index in [1.165, 1.54) is 48.1 Å². The third kappa shape index (κ3) is 13.5. The van der Waals surface area contributed by atoms with E-state index in [2.05, 4.69) is 71.3 Å². The molecule has 0 unspecified atom stereocenters. The van der Waals surface area contributed by atoms with Gasteiger partial charge in [-0.25, -0.2) is 15.1 Å². The maximum Gasteiger partial charge on any atom is 0.416 e. The fraction of sp³-hybridized carbons (Fsp3) is 0.209. The number of guanidine groups is 1. The number of benzene rings is 3. The number of aromatic nitrogens is 3. The predicted molar refractivity (Wildman–Crippen MR) is 237 cm³/mol. The van der Waals surface area contributed by atoms with Gasteiger partial charge in [0, 0.05) is 42.8 Å². The highest BCUT2D eigenvalue weighted by molar-refractivity contribution is 9.10. The van der Waals surface area contributed by atoms with E-state index in [9.17, 15) is 35.9 Å². The first kappa shape index (κ1) is 48.1. The number of hydrogen-bond acceptors (Lipinski definition) is 8. The highest BCUT2D eigenvalue weighted by atomic mass is 79.9. The number of hydrogen-bond donors (Lipinski definition) is 4. The van der Waals surface area contributed by atoms with Crippen LogP contribution in [0, 0.1) is 12.3 Å². The van der Waals surface area contributed by atoms with Gasteiger partial charge in [-0.3, -0.25) is 14.6 Å². The van der Waals surface area contributed by atoms with Crippen LogP contribution in [0.5, 0.6) is 0 Å². The van der Waals surface area contributed by atoms with Gasteiger partial charge < -0.3 is 16.0 Å². The minimum absolute atomic E-state index is 0.00266. The summed E-state index contributed by atoms with van der Waals surface area (Å²) in [6.07, 6.45) is -0.997. The van der Waals surface area contributed by atoms with E-state index in [0.29, 0.717) is 67.6 Å². The lowest BCUT2D eigenvalue weighted by Gasteiger charge is -2.28. The van der Waals surface area contributed by atoms with E-state index in [1.807, 2.05) is 0 Å². The van der Waals surface area contributed by atoms with E-state index in [1.54, 1.807) is 55.6 Å². The van der Waals surface area contributed by atoms with Gasteiger partial charge in [-0.1, -0.05) is 73.5 Å². The molecule has 1 aliphatic rings. The summed E-state index contributed by atoms with van der Waals surface area (Å²) in [6.45, 7) is 7.16. The van der Waals surface area contributed by atoms with Crippen molar-refractivity contribution >= 4 is 80.5 Å². The van der Waals surface area contributed by atoms with Crippen molar-refractivity contribution in [3.05, 3.63) is 151 Å². The number of carbonyl (C=O) groups is 2. The fourth-order valence-corrected chi connectivity index (χ4v) is 6.44. The Kier molecular flexibility index (Phi) is 15.6. The Morgan fingerprint density at radius 2 is 1.48 bits per heavy atom. The van der Waals surface area contributed by atoms with Crippen molar-refractivity contribution in [3.8, 4) is 5.82 Å². The third-order valence-corrected chi connectivity index (χ3v) is 9.82. The first-order valence-electron chi connectivity index (χ1n) is 18.7. The number of pyridine rings is 1. The Morgan fingerprint density at radius 1 is 0.889 bits per heavy atom. The van der Waals surface area contributed by atoms with Gasteiger partial charge in [0.25, 0.3) is 11.8 Å². The molecule has 5 aromatic rings. The molecule has 0 fully saturated rings. The second kappa shape index (κ2) is 20.5. The molecular weight excluding hydrogens is 939 g/mol. The Morgan fingerprint density at radius 3 is 1.98 bits per heavy atom. The van der Waals surface area contributed by atoms with E-state index < -0.39 is 29.4 Å². The molecule has 0 radical (unpaired) electrons. The van der Waals surface area contributed by atoms with Gasteiger partial charge in [-0.2, -0.15) is 36.5 Å². The normalized spacial score (nSPS) is 13.7. The summed E-state index contributed by atoms with van der Waals surface area (Å²) in [5, 5.41) is 17.7. The first-order valence-corrected chi connectivity index (χ1v) is 20.2. The van der Waals surface area contributed by atoms with Crippen molar-refractivity contribution < 1.29 is 35.9 Å². The molecule has 11 nitrogen and oxygen atoms in total. The van der Waals surface area contributed by atoms with Crippen molar-refractivity contribution in [2.45, 2.75) is 33.1 Å². The number of rotatable bonds is 9. The number of alkyl halides is 6. The molecule has 0 atom stereocenters. The van der Waals surface area contributed by atoms with Crippen molar-refractivity contribution in [2.24, 2.45) is 15.5 Å². The topological polar surface area (TPSA) is 138 Å². The fourth-order valence-electron chi connectivity index (χ4n) is 5.59. The number of carbonyl (C=O) groups excluding carboxylic acids is 2. The van der Waals surface area contributed by atoms with Crippen LogP contribution in [0.4, 0.5) is 32.0 Å². The lowest BCUT2D eigenvalue weighted by atomic mass is 9.93. The summed E-state index contributed by atoms with van der Waals surface area (Å²) >= 11 is 15.5. The molecule has 3 heterocycles. The molecule has 0 spiro atoms. The summed E-state index contributed by atoms with van der Waals surface area (Å²) in [6, 6.07) is 17.3. The van der Waals surface area contributed by atoms with Gasteiger partial charge in [-0.05, 0) is 100 Å². The molecule has 330 valence electrons. The van der Waals surface area contributed by atoms with Crippen molar-refractivity contribution in [1.82, 2.24) is 30.8 Å². The zero-order chi connectivity index (χ0) is 46.1. The summed E-state index contributed by atoms with van der Waals surface area (Å²) in [5.74, 6) is -0.0918. The van der Waals surface area contributed by atoms with Gasteiger partial charge in [-0.15, -0.1) is 0 Å². The average Bonchev–Trinajstić information content (AvgIpc) is 3.62. The molecule has 20 heteroatoms. The van der Waals surface area contributed by atoms with Gasteiger partial charge in [0.05, 0.1) is 33.1 Å². The zero-order valence-corrected chi connectivity index (χ0v) is 36.9.